The molecular formula is C23H25ClN2O3. The Balaban J connectivity index is 1.15. The number of anilines is 1. The van der Waals surface area contributed by atoms with E-state index in [0.29, 0.717) is 18.9 Å². The van der Waals surface area contributed by atoms with Gasteiger partial charge >= 0.3 is 0 Å². The van der Waals surface area contributed by atoms with E-state index < -0.39 is 0 Å². The first kappa shape index (κ1) is 18.8. The molecular weight excluding hydrogens is 388 g/mol. The lowest BCUT2D eigenvalue weighted by Crippen LogP contribution is -2.49. The summed E-state index contributed by atoms with van der Waals surface area (Å²) in [6.07, 6.45) is 3.39. The van der Waals surface area contributed by atoms with Gasteiger partial charge in [-0.25, -0.2) is 0 Å². The summed E-state index contributed by atoms with van der Waals surface area (Å²) >= 11 is 6.23. The van der Waals surface area contributed by atoms with E-state index >= 15 is 0 Å². The molecule has 6 heteroatoms. The van der Waals surface area contributed by atoms with Gasteiger partial charge in [-0.05, 0) is 48.1 Å². The Morgan fingerprint density at radius 1 is 1.07 bits per heavy atom. The molecule has 0 saturated carbocycles. The van der Waals surface area contributed by atoms with Gasteiger partial charge < -0.3 is 14.7 Å². The molecule has 0 radical (unpaired) electrons. The highest BCUT2D eigenvalue weighted by molar-refractivity contribution is 6.31. The molecule has 29 heavy (non-hydrogen) atoms. The molecule has 1 fully saturated rings. The van der Waals surface area contributed by atoms with Gasteiger partial charge in [0.2, 0.25) is 5.91 Å². The van der Waals surface area contributed by atoms with Crippen molar-refractivity contribution in [2.24, 2.45) is 0 Å². The van der Waals surface area contributed by atoms with Crippen LogP contribution in [0.25, 0.3) is 0 Å². The summed E-state index contributed by atoms with van der Waals surface area (Å²) in [5.74, 6) is 1.56. The van der Waals surface area contributed by atoms with Gasteiger partial charge in [-0.2, -0.15) is 4.89 Å². The molecule has 1 unspecified atom stereocenters. The number of carbonyl (C=O) groups is 1. The van der Waals surface area contributed by atoms with E-state index in [4.69, 9.17) is 21.4 Å². The van der Waals surface area contributed by atoms with Crippen LogP contribution in [0.4, 0.5) is 5.69 Å². The van der Waals surface area contributed by atoms with Gasteiger partial charge in [0, 0.05) is 55.3 Å². The Labute approximate surface area is 176 Å². The van der Waals surface area contributed by atoms with Crippen LogP contribution in [0.3, 0.4) is 0 Å². The first-order valence-corrected chi connectivity index (χ1v) is 10.8. The maximum atomic E-state index is 12.7. The zero-order chi connectivity index (χ0) is 19.8. The molecule has 2 aliphatic heterocycles. The zero-order valence-electron chi connectivity index (χ0n) is 16.4. The van der Waals surface area contributed by atoms with Crippen molar-refractivity contribution in [1.82, 2.24) is 4.90 Å². The van der Waals surface area contributed by atoms with Gasteiger partial charge in [-0.15, -0.1) is 0 Å². The van der Waals surface area contributed by atoms with Crippen LogP contribution < -0.4 is 9.79 Å². The number of hydrogen-bond acceptors (Lipinski definition) is 4. The largest absolute Gasteiger partial charge is 0.368 e. The molecule has 1 atom stereocenters. The minimum absolute atomic E-state index is 0.270. The Morgan fingerprint density at radius 3 is 2.76 bits per heavy atom. The second kappa shape index (κ2) is 7.88. The van der Waals surface area contributed by atoms with Crippen molar-refractivity contribution in [3.05, 3.63) is 58.1 Å². The van der Waals surface area contributed by atoms with Crippen molar-refractivity contribution in [2.45, 2.75) is 31.6 Å². The van der Waals surface area contributed by atoms with Crippen LogP contribution in [-0.4, -0.2) is 43.6 Å². The lowest BCUT2D eigenvalue weighted by Gasteiger charge is -2.38. The maximum Gasteiger partial charge on any atom is 0.222 e. The summed E-state index contributed by atoms with van der Waals surface area (Å²) in [5, 5.41) is 0.862. The molecule has 2 heterocycles. The Bertz CT molecular complexity index is 924. The highest BCUT2D eigenvalue weighted by atomic mass is 35.5. The van der Waals surface area contributed by atoms with Crippen LogP contribution in [0.5, 0.6) is 5.75 Å². The van der Waals surface area contributed by atoms with E-state index in [1.54, 1.807) is 0 Å². The number of fused-ring (bicyclic) bond motifs is 2. The zero-order valence-corrected chi connectivity index (χ0v) is 17.2. The summed E-state index contributed by atoms with van der Waals surface area (Å²) in [6, 6.07) is 12.2. The van der Waals surface area contributed by atoms with E-state index in [1.165, 1.54) is 22.4 Å². The number of halogens is 1. The Hall–Kier alpha value is -2.24. The number of nitrogens with zero attached hydrogens (tertiary/aromatic N) is 2. The number of benzene rings is 2. The third-order valence-corrected chi connectivity index (χ3v) is 6.77. The van der Waals surface area contributed by atoms with E-state index in [1.807, 2.05) is 29.2 Å². The molecule has 152 valence electrons. The molecule has 1 aliphatic carbocycles. The van der Waals surface area contributed by atoms with Gasteiger partial charge in [-0.3, -0.25) is 4.79 Å². The van der Waals surface area contributed by atoms with E-state index in [2.05, 4.69) is 17.0 Å². The fourth-order valence-corrected chi connectivity index (χ4v) is 5.00. The second-order valence-electron chi connectivity index (χ2n) is 8.02. The first-order chi connectivity index (χ1) is 14.2. The van der Waals surface area contributed by atoms with Crippen molar-refractivity contribution in [1.29, 1.82) is 0 Å². The molecule has 2 aromatic rings. The second-order valence-corrected chi connectivity index (χ2v) is 8.43. The van der Waals surface area contributed by atoms with Crippen molar-refractivity contribution in [2.75, 3.05) is 37.7 Å². The fourth-order valence-electron chi connectivity index (χ4n) is 4.74. The normalized spacial score (nSPS) is 20.4. The van der Waals surface area contributed by atoms with Crippen LogP contribution >= 0.6 is 11.6 Å². The Kier molecular flexibility index (Phi) is 5.10. The van der Waals surface area contributed by atoms with Crippen molar-refractivity contribution >= 4 is 23.2 Å². The average Bonchev–Trinajstić information content (AvgIpc) is 2.75. The molecule has 0 spiro atoms. The van der Waals surface area contributed by atoms with Crippen LogP contribution in [0.2, 0.25) is 5.02 Å². The van der Waals surface area contributed by atoms with Crippen LogP contribution in [0.15, 0.2) is 36.4 Å². The van der Waals surface area contributed by atoms with E-state index in [9.17, 15) is 4.79 Å². The standard InChI is InChI=1S/C23H25ClN2O3/c24-20-4-1-3-17-16(15-19(17)20)7-8-23(27)26-12-10-25(11-13-26)21-5-2-6-22-18(21)9-14-28-29-22/h1-6,16H,7-15H2. The molecule has 0 aromatic heterocycles. The lowest BCUT2D eigenvalue weighted by molar-refractivity contribution is -0.215. The molecule has 1 amide bonds. The molecule has 3 aliphatic rings. The summed E-state index contributed by atoms with van der Waals surface area (Å²) in [5.41, 5.74) is 5.01. The van der Waals surface area contributed by atoms with Gasteiger partial charge in [0.15, 0.2) is 5.75 Å². The van der Waals surface area contributed by atoms with E-state index in [0.717, 1.165) is 56.2 Å². The predicted octanol–water partition coefficient (Wildman–Crippen LogP) is 3.98. The fraction of sp³-hybridized carbons (Fsp3) is 0.435. The maximum absolute atomic E-state index is 12.7. The third-order valence-electron chi connectivity index (χ3n) is 6.42. The lowest BCUT2D eigenvalue weighted by atomic mass is 9.75. The van der Waals surface area contributed by atoms with Crippen LogP contribution in [-0.2, 0) is 22.5 Å². The molecule has 0 N–H and O–H groups in total. The molecule has 5 nitrogen and oxygen atoms in total. The number of carbonyl (C=O) groups excluding carboxylic acids is 1. The molecule has 5 rings (SSSR count). The Morgan fingerprint density at radius 2 is 1.90 bits per heavy atom. The van der Waals surface area contributed by atoms with Gasteiger partial charge in [0.25, 0.3) is 0 Å². The molecule has 2 aromatic carbocycles. The van der Waals surface area contributed by atoms with Crippen molar-refractivity contribution in [3.8, 4) is 5.75 Å². The number of hydrogen-bond donors (Lipinski definition) is 0. The van der Waals surface area contributed by atoms with Gasteiger partial charge in [0.1, 0.15) is 0 Å². The van der Waals surface area contributed by atoms with E-state index in [-0.39, 0.29) is 5.91 Å². The monoisotopic (exact) mass is 412 g/mol. The van der Waals surface area contributed by atoms with Gasteiger partial charge in [0.05, 0.1) is 6.61 Å². The van der Waals surface area contributed by atoms with Crippen molar-refractivity contribution in [3.63, 3.8) is 0 Å². The third kappa shape index (κ3) is 3.58. The summed E-state index contributed by atoms with van der Waals surface area (Å²) < 4.78 is 0. The number of rotatable bonds is 4. The first-order valence-electron chi connectivity index (χ1n) is 10.4. The minimum Gasteiger partial charge on any atom is -0.368 e. The average molecular weight is 413 g/mol. The quantitative estimate of drug-likeness (QED) is 0.712. The predicted molar refractivity (Wildman–Crippen MR) is 113 cm³/mol. The van der Waals surface area contributed by atoms with Crippen molar-refractivity contribution < 1.29 is 14.6 Å². The summed E-state index contributed by atoms with van der Waals surface area (Å²) in [7, 11) is 0. The van der Waals surface area contributed by atoms with Crippen LogP contribution in [0, 0.1) is 0 Å². The number of amides is 1. The highest BCUT2D eigenvalue weighted by Gasteiger charge is 2.30. The summed E-state index contributed by atoms with van der Waals surface area (Å²) in [4.78, 5) is 27.5. The number of piperazine rings is 1. The molecule has 1 saturated heterocycles. The van der Waals surface area contributed by atoms with Crippen LogP contribution in [0.1, 0.15) is 35.4 Å². The smallest absolute Gasteiger partial charge is 0.222 e. The topological polar surface area (TPSA) is 42.0 Å². The molecule has 0 bridgehead atoms. The SMILES string of the molecule is O=C(CCC1Cc2c(Cl)cccc21)N1CCN(c2cccc3c2CCOO3)CC1. The summed E-state index contributed by atoms with van der Waals surface area (Å²) in [6.45, 7) is 3.83. The minimum atomic E-state index is 0.270. The van der Waals surface area contributed by atoms with Gasteiger partial charge in [-0.1, -0.05) is 29.8 Å². The highest BCUT2D eigenvalue weighted by Crippen LogP contribution is 2.42.